The lowest BCUT2D eigenvalue weighted by Gasteiger charge is -2.36. The zero-order chi connectivity index (χ0) is 23.5. The number of amides is 2. The van der Waals surface area contributed by atoms with E-state index < -0.39 is 17.2 Å². The summed E-state index contributed by atoms with van der Waals surface area (Å²) < 4.78 is 16.9. The van der Waals surface area contributed by atoms with Crippen molar-refractivity contribution in [3.05, 3.63) is 75.8 Å². The van der Waals surface area contributed by atoms with Crippen molar-refractivity contribution in [3.8, 4) is 0 Å². The number of carbonyl (C=O) groups is 2. The van der Waals surface area contributed by atoms with Crippen molar-refractivity contribution in [1.29, 1.82) is 0 Å². The summed E-state index contributed by atoms with van der Waals surface area (Å²) >= 11 is 0. The van der Waals surface area contributed by atoms with Crippen LogP contribution in [-0.2, 0) is 17.9 Å². The zero-order valence-electron chi connectivity index (χ0n) is 18.8. The lowest BCUT2D eigenvalue weighted by molar-refractivity contribution is -0.129. The van der Waals surface area contributed by atoms with Crippen molar-refractivity contribution in [3.63, 3.8) is 0 Å². The second kappa shape index (κ2) is 9.44. The highest BCUT2D eigenvalue weighted by Gasteiger charge is 2.23. The van der Waals surface area contributed by atoms with Gasteiger partial charge in [-0.05, 0) is 24.6 Å². The first-order valence-electron chi connectivity index (χ1n) is 11.1. The Hall–Kier alpha value is -3.68. The van der Waals surface area contributed by atoms with E-state index in [1.54, 1.807) is 21.7 Å². The predicted molar refractivity (Wildman–Crippen MR) is 126 cm³/mol. The van der Waals surface area contributed by atoms with Crippen LogP contribution in [0.2, 0.25) is 0 Å². The van der Waals surface area contributed by atoms with Gasteiger partial charge in [0.25, 0.3) is 5.91 Å². The molecule has 0 spiro atoms. The van der Waals surface area contributed by atoms with E-state index in [-0.39, 0.29) is 16.9 Å². The molecule has 1 N–H and O–H groups in total. The van der Waals surface area contributed by atoms with Crippen LogP contribution in [0, 0.1) is 5.82 Å². The third-order valence-electron chi connectivity index (χ3n) is 6.10. The fourth-order valence-corrected chi connectivity index (χ4v) is 4.20. The molecule has 1 saturated heterocycles. The van der Waals surface area contributed by atoms with Crippen LogP contribution in [0.5, 0.6) is 0 Å². The highest BCUT2D eigenvalue weighted by molar-refractivity contribution is 5.97. The fourth-order valence-electron chi connectivity index (χ4n) is 4.20. The van der Waals surface area contributed by atoms with Crippen molar-refractivity contribution < 1.29 is 14.0 Å². The molecule has 0 aliphatic carbocycles. The first kappa shape index (κ1) is 22.5. The smallest absolute Gasteiger partial charge is 0.257 e. The van der Waals surface area contributed by atoms with E-state index in [4.69, 9.17) is 0 Å². The molecular weight excluding hydrogens is 423 g/mol. The molecule has 1 aromatic heterocycles. The Labute approximate surface area is 191 Å². The van der Waals surface area contributed by atoms with Crippen molar-refractivity contribution in [2.24, 2.45) is 0 Å². The minimum absolute atomic E-state index is 0.00604. The summed E-state index contributed by atoms with van der Waals surface area (Å²) in [6.07, 6.45) is 1.54. The van der Waals surface area contributed by atoms with Gasteiger partial charge in [0.15, 0.2) is 0 Å². The van der Waals surface area contributed by atoms with Gasteiger partial charge < -0.3 is 19.7 Å². The Bertz CT molecular complexity index is 1250. The number of piperazine rings is 1. The minimum Gasteiger partial charge on any atom is -0.366 e. The summed E-state index contributed by atoms with van der Waals surface area (Å²) in [5.74, 6) is -0.996. The van der Waals surface area contributed by atoms with Gasteiger partial charge in [-0.1, -0.05) is 30.3 Å². The largest absolute Gasteiger partial charge is 0.366 e. The summed E-state index contributed by atoms with van der Waals surface area (Å²) in [4.78, 5) is 41.1. The highest BCUT2D eigenvalue weighted by Crippen LogP contribution is 2.26. The molecule has 1 fully saturated rings. The standard InChI is InChI=1S/C25H27FN4O3/c1-3-28-16-20(25(33)27-15-18-7-5-4-6-8-18)24(32)19-13-21(26)23(14-22(19)28)30-11-9-29(10-12-30)17(2)31/h4-8,13-14,16H,3,9-12,15H2,1-2H3,(H,27,33). The lowest BCUT2D eigenvalue weighted by atomic mass is 10.1. The number of pyridine rings is 1. The van der Waals surface area contributed by atoms with Crippen LogP contribution in [0.15, 0.2) is 53.5 Å². The van der Waals surface area contributed by atoms with Crippen molar-refractivity contribution in [1.82, 2.24) is 14.8 Å². The molecule has 1 aliphatic heterocycles. The number of aryl methyl sites for hydroxylation is 1. The summed E-state index contributed by atoms with van der Waals surface area (Å²) in [5, 5.41) is 2.95. The maximum atomic E-state index is 15.1. The summed E-state index contributed by atoms with van der Waals surface area (Å²) in [6, 6.07) is 12.3. The van der Waals surface area contributed by atoms with E-state index in [2.05, 4.69) is 5.32 Å². The first-order chi connectivity index (χ1) is 15.9. The molecule has 0 saturated carbocycles. The van der Waals surface area contributed by atoms with Crippen molar-refractivity contribution in [2.75, 3.05) is 31.1 Å². The Morgan fingerprint density at radius 2 is 1.76 bits per heavy atom. The molecule has 0 unspecified atom stereocenters. The maximum Gasteiger partial charge on any atom is 0.257 e. The second-order valence-electron chi connectivity index (χ2n) is 8.14. The molecule has 3 aromatic rings. The SMILES string of the molecule is CCn1cc(C(=O)NCc2ccccc2)c(=O)c2cc(F)c(N3CCN(C(C)=O)CC3)cc21. The molecule has 0 radical (unpaired) electrons. The van der Waals surface area contributed by atoms with Crippen LogP contribution < -0.4 is 15.6 Å². The average molecular weight is 451 g/mol. The number of hydrogen-bond donors (Lipinski definition) is 1. The zero-order valence-corrected chi connectivity index (χ0v) is 18.8. The third kappa shape index (κ3) is 4.60. The molecule has 2 amide bonds. The number of anilines is 1. The monoisotopic (exact) mass is 450 g/mol. The Kier molecular flexibility index (Phi) is 6.44. The quantitative estimate of drug-likeness (QED) is 0.649. The van der Waals surface area contributed by atoms with Gasteiger partial charge >= 0.3 is 0 Å². The number of halogens is 1. The number of fused-ring (bicyclic) bond motifs is 1. The highest BCUT2D eigenvalue weighted by atomic mass is 19.1. The molecular formula is C25H27FN4O3. The van der Waals surface area contributed by atoms with Crippen molar-refractivity contribution >= 4 is 28.4 Å². The van der Waals surface area contributed by atoms with E-state index in [0.717, 1.165) is 5.56 Å². The number of carbonyl (C=O) groups excluding carboxylic acids is 2. The van der Waals surface area contributed by atoms with Crippen LogP contribution in [0.1, 0.15) is 29.8 Å². The molecule has 172 valence electrons. The summed E-state index contributed by atoms with van der Waals surface area (Å²) in [7, 11) is 0. The molecule has 2 aromatic carbocycles. The van der Waals surface area contributed by atoms with Crippen molar-refractivity contribution in [2.45, 2.75) is 26.9 Å². The Morgan fingerprint density at radius 3 is 2.39 bits per heavy atom. The minimum atomic E-state index is -0.514. The Morgan fingerprint density at radius 1 is 1.06 bits per heavy atom. The topological polar surface area (TPSA) is 74.7 Å². The number of rotatable bonds is 5. The van der Waals surface area contributed by atoms with E-state index in [1.807, 2.05) is 42.2 Å². The predicted octanol–water partition coefficient (Wildman–Crippen LogP) is 2.76. The van der Waals surface area contributed by atoms with Crippen LogP contribution in [-0.4, -0.2) is 47.5 Å². The number of benzene rings is 2. The van der Waals surface area contributed by atoms with Crippen LogP contribution in [0.25, 0.3) is 10.9 Å². The van der Waals surface area contributed by atoms with Crippen LogP contribution in [0.3, 0.4) is 0 Å². The maximum absolute atomic E-state index is 15.1. The molecule has 33 heavy (non-hydrogen) atoms. The van der Waals surface area contributed by atoms with E-state index >= 15 is 4.39 Å². The van der Waals surface area contributed by atoms with Gasteiger partial charge in [0.05, 0.1) is 11.2 Å². The number of nitrogens with one attached hydrogen (secondary N) is 1. The molecule has 1 aliphatic rings. The van der Waals surface area contributed by atoms with Gasteiger partial charge in [-0.2, -0.15) is 0 Å². The average Bonchev–Trinajstić information content (AvgIpc) is 2.83. The molecule has 7 nitrogen and oxygen atoms in total. The van der Waals surface area contributed by atoms with E-state index in [9.17, 15) is 14.4 Å². The molecule has 0 bridgehead atoms. The van der Waals surface area contributed by atoms with Gasteiger partial charge in [0.1, 0.15) is 11.4 Å². The molecule has 2 heterocycles. The summed E-state index contributed by atoms with van der Waals surface area (Å²) in [5.41, 5.74) is 1.39. The Balaban J connectivity index is 1.65. The van der Waals surface area contributed by atoms with Gasteiger partial charge in [0, 0.05) is 57.8 Å². The molecule has 8 heteroatoms. The third-order valence-corrected chi connectivity index (χ3v) is 6.10. The van der Waals surface area contributed by atoms with E-state index in [1.165, 1.54) is 13.0 Å². The molecule has 0 atom stereocenters. The number of hydrogen-bond acceptors (Lipinski definition) is 4. The fraction of sp³-hybridized carbons (Fsp3) is 0.320. The normalized spacial score (nSPS) is 13.9. The first-order valence-corrected chi connectivity index (χ1v) is 11.1. The summed E-state index contributed by atoms with van der Waals surface area (Å²) in [6.45, 7) is 6.31. The van der Waals surface area contributed by atoms with Gasteiger partial charge in [-0.25, -0.2) is 4.39 Å². The molecule has 4 rings (SSSR count). The number of aromatic nitrogens is 1. The lowest BCUT2D eigenvalue weighted by Crippen LogP contribution is -2.48. The van der Waals surface area contributed by atoms with Crippen LogP contribution in [0.4, 0.5) is 10.1 Å². The second-order valence-corrected chi connectivity index (χ2v) is 8.14. The van der Waals surface area contributed by atoms with Crippen LogP contribution >= 0.6 is 0 Å². The van der Waals surface area contributed by atoms with Gasteiger partial charge in [-0.3, -0.25) is 14.4 Å². The van der Waals surface area contributed by atoms with Gasteiger partial charge in [0.2, 0.25) is 11.3 Å². The van der Waals surface area contributed by atoms with E-state index in [0.29, 0.717) is 50.5 Å². The van der Waals surface area contributed by atoms with Gasteiger partial charge in [-0.15, -0.1) is 0 Å². The number of nitrogens with zero attached hydrogens (tertiary/aromatic N) is 3.